The van der Waals surface area contributed by atoms with E-state index in [1.807, 2.05) is 38.2 Å². The lowest BCUT2D eigenvalue weighted by Crippen LogP contribution is -2.07. The first-order chi connectivity index (χ1) is 8.70. The molecule has 1 aromatic heterocycles. The number of aryl methyl sites for hydroxylation is 1. The Labute approximate surface area is 112 Å². The van der Waals surface area contributed by atoms with Gasteiger partial charge < -0.3 is 14.5 Å². The van der Waals surface area contributed by atoms with Gasteiger partial charge in [0.1, 0.15) is 18.1 Å². The molecular weight excluding hydrogens is 250 g/mol. The van der Waals surface area contributed by atoms with Crippen LogP contribution in [-0.2, 0) is 13.2 Å². The second-order valence-corrected chi connectivity index (χ2v) is 4.53. The summed E-state index contributed by atoms with van der Waals surface area (Å²) in [5.41, 5.74) is 2.13. The van der Waals surface area contributed by atoms with Gasteiger partial charge in [-0.3, -0.25) is 0 Å². The Morgan fingerprint density at radius 3 is 2.89 bits per heavy atom. The second-order valence-electron chi connectivity index (χ2n) is 4.10. The first-order valence-corrected chi connectivity index (χ1v) is 6.17. The minimum absolute atomic E-state index is 0.423. The van der Waals surface area contributed by atoms with Gasteiger partial charge in [0, 0.05) is 17.1 Å². The molecule has 2 rings (SSSR count). The average molecular weight is 266 g/mol. The molecule has 0 atom stereocenters. The van der Waals surface area contributed by atoms with Crippen LogP contribution in [0.3, 0.4) is 0 Å². The molecule has 1 heterocycles. The van der Waals surface area contributed by atoms with Crippen molar-refractivity contribution in [3.8, 4) is 5.75 Å². The van der Waals surface area contributed by atoms with E-state index in [0.717, 1.165) is 29.2 Å². The van der Waals surface area contributed by atoms with Crippen molar-refractivity contribution in [3.05, 3.63) is 52.4 Å². The molecule has 0 bridgehead atoms. The minimum Gasteiger partial charge on any atom is -0.485 e. The summed E-state index contributed by atoms with van der Waals surface area (Å²) in [6.45, 7) is 3.17. The zero-order chi connectivity index (χ0) is 13.0. The molecular formula is C14H16ClNO2. The maximum atomic E-state index is 5.90. The summed E-state index contributed by atoms with van der Waals surface area (Å²) in [5.74, 6) is 1.67. The highest BCUT2D eigenvalue weighted by molar-refractivity contribution is 6.30. The largest absolute Gasteiger partial charge is 0.485 e. The van der Waals surface area contributed by atoms with E-state index in [0.29, 0.717) is 11.6 Å². The average Bonchev–Trinajstić information content (AvgIpc) is 2.76. The van der Waals surface area contributed by atoms with Gasteiger partial charge >= 0.3 is 0 Å². The monoisotopic (exact) mass is 265 g/mol. The molecule has 0 fully saturated rings. The zero-order valence-electron chi connectivity index (χ0n) is 10.5. The van der Waals surface area contributed by atoms with Gasteiger partial charge in [0.15, 0.2) is 0 Å². The molecule has 0 aliphatic carbocycles. The lowest BCUT2D eigenvalue weighted by atomic mass is 10.2. The van der Waals surface area contributed by atoms with Gasteiger partial charge in [-0.2, -0.15) is 0 Å². The molecule has 0 aliphatic heterocycles. The summed E-state index contributed by atoms with van der Waals surface area (Å²) in [4.78, 5) is 0. The van der Waals surface area contributed by atoms with Crippen LogP contribution in [0.25, 0.3) is 0 Å². The molecule has 18 heavy (non-hydrogen) atoms. The van der Waals surface area contributed by atoms with Crippen molar-refractivity contribution in [2.24, 2.45) is 0 Å². The van der Waals surface area contributed by atoms with Crippen LogP contribution >= 0.6 is 11.6 Å². The predicted molar refractivity (Wildman–Crippen MR) is 72.0 cm³/mol. The second kappa shape index (κ2) is 5.94. The fraction of sp³-hybridized carbons (Fsp3) is 0.286. The van der Waals surface area contributed by atoms with Crippen LogP contribution in [0.15, 0.2) is 34.9 Å². The van der Waals surface area contributed by atoms with Crippen LogP contribution in [0.5, 0.6) is 5.75 Å². The highest BCUT2D eigenvalue weighted by atomic mass is 35.5. The predicted octanol–water partition coefficient (Wildman–Crippen LogP) is 3.54. The van der Waals surface area contributed by atoms with E-state index >= 15 is 0 Å². The number of hydrogen-bond acceptors (Lipinski definition) is 3. The van der Waals surface area contributed by atoms with Gasteiger partial charge in [0.2, 0.25) is 0 Å². The van der Waals surface area contributed by atoms with Crippen molar-refractivity contribution in [1.29, 1.82) is 0 Å². The van der Waals surface area contributed by atoms with Crippen molar-refractivity contribution in [2.75, 3.05) is 7.05 Å². The Hall–Kier alpha value is -1.45. The molecule has 1 N–H and O–H groups in total. The molecule has 4 heteroatoms. The van der Waals surface area contributed by atoms with E-state index in [1.54, 1.807) is 6.26 Å². The van der Waals surface area contributed by atoms with Crippen LogP contribution in [-0.4, -0.2) is 7.05 Å². The first-order valence-electron chi connectivity index (χ1n) is 5.79. The number of benzene rings is 1. The Morgan fingerprint density at radius 2 is 2.17 bits per heavy atom. The molecule has 0 unspecified atom stereocenters. The molecule has 0 spiro atoms. The van der Waals surface area contributed by atoms with E-state index < -0.39 is 0 Å². The molecule has 0 radical (unpaired) electrons. The van der Waals surface area contributed by atoms with Gasteiger partial charge in [-0.15, -0.1) is 0 Å². The van der Waals surface area contributed by atoms with Crippen LogP contribution < -0.4 is 10.1 Å². The third-order valence-corrected chi connectivity index (χ3v) is 2.94. The highest BCUT2D eigenvalue weighted by Gasteiger charge is 2.07. The number of nitrogens with one attached hydrogen (secondary N) is 1. The van der Waals surface area contributed by atoms with Gasteiger partial charge in [-0.1, -0.05) is 11.6 Å². The van der Waals surface area contributed by atoms with E-state index in [9.17, 15) is 0 Å². The molecule has 0 aliphatic rings. The van der Waals surface area contributed by atoms with E-state index in [4.69, 9.17) is 20.8 Å². The van der Waals surface area contributed by atoms with E-state index in [-0.39, 0.29) is 0 Å². The summed E-state index contributed by atoms with van der Waals surface area (Å²) in [7, 11) is 1.90. The molecule has 2 aromatic rings. The van der Waals surface area contributed by atoms with Crippen LogP contribution in [0.4, 0.5) is 0 Å². The summed E-state index contributed by atoms with van der Waals surface area (Å²) in [5, 5.41) is 3.81. The zero-order valence-corrected chi connectivity index (χ0v) is 11.3. The van der Waals surface area contributed by atoms with E-state index in [1.165, 1.54) is 0 Å². The van der Waals surface area contributed by atoms with Crippen molar-refractivity contribution in [1.82, 2.24) is 5.32 Å². The number of halogens is 1. The number of rotatable bonds is 5. The quantitative estimate of drug-likeness (QED) is 0.898. The molecule has 3 nitrogen and oxygen atoms in total. The third-order valence-electron chi connectivity index (χ3n) is 2.70. The molecule has 1 aromatic carbocycles. The highest BCUT2D eigenvalue weighted by Crippen LogP contribution is 2.23. The number of ether oxygens (including phenoxy) is 1. The van der Waals surface area contributed by atoms with E-state index in [2.05, 4.69) is 5.32 Å². The fourth-order valence-electron chi connectivity index (χ4n) is 1.76. The van der Waals surface area contributed by atoms with Crippen LogP contribution in [0, 0.1) is 6.92 Å². The first kappa shape index (κ1) is 13.0. The topological polar surface area (TPSA) is 34.4 Å². The maximum Gasteiger partial charge on any atom is 0.146 e. The van der Waals surface area contributed by atoms with Crippen molar-refractivity contribution in [2.45, 2.75) is 20.1 Å². The third kappa shape index (κ3) is 3.06. The van der Waals surface area contributed by atoms with Gasteiger partial charge in [-0.05, 0) is 43.8 Å². The van der Waals surface area contributed by atoms with Crippen LogP contribution in [0.1, 0.15) is 16.9 Å². The number of furan rings is 1. The Balaban J connectivity index is 2.04. The van der Waals surface area contributed by atoms with Crippen LogP contribution in [0.2, 0.25) is 5.02 Å². The molecule has 0 amide bonds. The Morgan fingerprint density at radius 1 is 1.33 bits per heavy atom. The van der Waals surface area contributed by atoms with Crippen molar-refractivity contribution < 1.29 is 9.15 Å². The normalized spacial score (nSPS) is 10.6. The minimum atomic E-state index is 0.423. The molecule has 0 saturated carbocycles. The summed E-state index contributed by atoms with van der Waals surface area (Å²) < 4.78 is 11.2. The van der Waals surface area contributed by atoms with Gasteiger partial charge in [0.05, 0.1) is 6.26 Å². The lowest BCUT2D eigenvalue weighted by Gasteiger charge is -2.09. The van der Waals surface area contributed by atoms with Gasteiger partial charge in [0.25, 0.3) is 0 Å². The summed E-state index contributed by atoms with van der Waals surface area (Å²) in [6.07, 6.45) is 1.68. The molecule has 96 valence electrons. The van der Waals surface area contributed by atoms with Crippen molar-refractivity contribution >= 4 is 11.6 Å². The maximum absolute atomic E-state index is 5.90. The summed E-state index contributed by atoms with van der Waals surface area (Å²) >= 11 is 5.90. The van der Waals surface area contributed by atoms with Gasteiger partial charge in [-0.25, -0.2) is 0 Å². The van der Waals surface area contributed by atoms with Crippen molar-refractivity contribution in [3.63, 3.8) is 0 Å². The lowest BCUT2D eigenvalue weighted by molar-refractivity contribution is 0.266. The Kier molecular flexibility index (Phi) is 4.28. The number of hydrogen-bond donors (Lipinski definition) is 1. The molecule has 0 saturated heterocycles. The summed E-state index contributed by atoms with van der Waals surface area (Å²) in [6, 6.07) is 7.52. The Bertz CT molecular complexity index is 522. The smallest absolute Gasteiger partial charge is 0.146 e. The standard InChI is InChI=1S/C14H16ClNO2/c1-10-7-12(15)3-4-13(10)18-9-14-11(8-16-2)5-6-17-14/h3-7,16H,8-9H2,1-2H3. The SMILES string of the molecule is CNCc1ccoc1COc1ccc(Cl)cc1C. The fourth-order valence-corrected chi connectivity index (χ4v) is 1.99.